The van der Waals surface area contributed by atoms with E-state index in [9.17, 15) is 9.18 Å². The van der Waals surface area contributed by atoms with E-state index in [1.807, 2.05) is 32.0 Å². The maximum atomic E-state index is 13.1. The van der Waals surface area contributed by atoms with Crippen molar-refractivity contribution in [3.8, 4) is 11.3 Å². The number of aryl methyl sites for hydroxylation is 2. The summed E-state index contributed by atoms with van der Waals surface area (Å²) in [7, 11) is 0. The molecule has 1 fully saturated rings. The second-order valence-corrected chi connectivity index (χ2v) is 6.98. The molecule has 3 aromatic rings. The number of hydrogen-bond acceptors (Lipinski definition) is 5. The van der Waals surface area contributed by atoms with Crippen LogP contribution in [0.25, 0.3) is 11.3 Å². The fourth-order valence-electron chi connectivity index (χ4n) is 3.54. The van der Waals surface area contributed by atoms with E-state index in [1.165, 1.54) is 24.3 Å². The molecule has 150 valence electrons. The Balaban J connectivity index is 1.56. The predicted molar refractivity (Wildman–Crippen MR) is 105 cm³/mol. The highest BCUT2D eigenvalue weighted by Crippen LogP contribution is 2.29. The lowest BCUT2D eigenvalue weighted by atomic mass is 10.1. The van der Waals surface area contributed by atoms with E-state index in [0.717, 1.165) is 34.8 Å². The Morgan fingerprint density at radius 3 is 2.79 bits per heavy atom. The zero-order chi connectivity index (χ0) is 20.4. The first-order chi connectivity index (χ1) is 14.1. The van der Waals surface area contributed by atoms with Gasteiger partial charge in [-0.2, -0.15) is 0 Å². The highest BCUT2D eigenvalue weighted by atomic mass is 19.1. The van der Waals surface area contributed by atoms with Gasteiger partial charge in [-0.05, 0) is 43.3 Å². The predicted octanol–water partition coefficient (Wildman–Crippen LogP) is 3.96. The molecule has 1 aliphatic heterocycles. The summed E-state index contributed by atoms with van der Waals surface area (Å²) in [5.74, 6) is 0.292. The van der Waals surface area contributed by atoms with E-state index in [1.54, 1.807) is 4.90 Å². The quantitative estimate of drug-likeness (QED) is 0.669. The summed E-state index contributed by atoms with van der Waals surface area (Å²) in [6, 6.07) is 11.3. The molecule has 1 amide bonds. The number of benzene rings is 1. The number of amides is 1. The number of morpholine rings is 1. The van der Waals surface area contributed by atoms with Crippen LogP contribution in [0, 0.1) is 12.7 Å². The van der Waals surface area contributed by atoms with Crippen molar-refractivity contribution in [1.82, 2.24) is 15.0 Å². The van der Waals surface area contributed by atoms with Gasteiger partial charge in [0.2, 0.25) is 0 Å². The SMILES string of the molecule is CCc1onc(C)c1-c1cccc([C@H]2CN(C(=O)c3ccc(F)cc3)CCO2)n1. The fraction of sp³-hybridized carbons (Fsp3) is 0.318. The summed E-state index contributed by atoms with van der Waals surface area (Å²) in [4.78, 5) is 19.3. The monoisotopic (exact) mass is 395 g/mol. The maximum absolute atomic E-state index is 13.1. The summed E-state index contributed by atoms with van der Waals surface area (Å²) in [5, 5.41) is 4.06. The van der Waals surface area contributed by atoms with Gasteiger partial charge >= 0.3 is 0 Å². The number of pyridine rings is 1. The van der Waals surface area contributed by atoms with Crippen LogP contribution in [0.5, 0.6) is 0 Å². The average Bonchev–Trinajstić information content (AvgIpc) is 3.14. The molecule has 0 radical (unpaired) electrons. The van der Waals surface area contributed by atoms with Crippen molar-refractivity contribution in [2.45, 2.75) is 26.4 Å². The number of carbonyl (C=O) groups excluding carboxylic acids is 1. The first-order valence-corrected chi connectivity index (χ1v) is 9.65. The van der Waals surface area contributed by atoms with Crippen molar-refractivity contribution < 1.29 is 18.4 Å². The molecule has 0 unspecified atom stereocenters. The van der Waals surface area contributed by atoms with E-state index in [2.05, 4.69) is 5.16 Å². The van der Waals surface area contributed by atoms with Gasteiger partial charge in [-0.25, -0.2) is 9.37 Å². The molecule has 1 aromatic carbocycles. The first kappa shape index (κ1) is 19.3. The number of aromatic nitrogens is 2. The van der Waals surface area contributed by atoms with Crippen LogP contribution in [-0.2, 0) is 11.2 Å². The minimum atomic E-state index is -0.363. The summed E-state index contributed by atoms with van der Waals surface area (Å²) >= 11 is 0. The van der Waals surface area contributed by atoms with Gasteiger partial charge in [-0.1, -0.05) is 18.1 Å². The molecular formula is C22H22FN3O3. The molecule has 1 saturated heterocycles. The molecule has 0 saturated carbocycles. The second-order valence-electron chi connectivity index (χ2n) is 6.98. The highest BCUT2D eigenvalue weighted by molar-refractivity contribution is 5.94. The van der Waals surface area contributed by atoms with Gasteiger partial charge in [0, 0.05) is 18.5 Å². The summed E-state index contributed by atoms with van der Waals surface area (Å²) in [6.07, 6.45) is 0.389. The maximum Gasteiger partial charge on any atom is 0.254 e. The molecule has 1 aliphatic rings. The summed E-state index contributed by atoms with van der Waals surface area (Å²) in [5.41, 5.74) is 3.69. The van der Waals surface area contributed by atoms with Gasteiger partial charge in [0.05, 0.1) is 35.8 Å². The minimum Gasteiger partial charge on any atom is -0.368 e. The van der Waals surface area contributed by atoms with E-state index < -0.39 is 0 Å². The van der Waals surface area contributed by atoms with Gasteiger partial charge in [-0.15, -0.1) is 0 Å². The number of nitrogens with zero attached hydrogens (tertiary/aromatic N) is 3. The zero-order valence-corrected chi connectivity index (χ0v) is 16.4. The molecule has 4 rings (SSSR count). The Labute approximate surface area is 168 Å². The van der Waals surface area contributed by atoms with Gasteiger partial charge in [-0.3, -0.25) is 4.79 Å². The molecule has 3 heterocycles. The standard InChI is InChI=1S/C22H22FN3O3/c1-3-19-21(14(2)25-29-19)18-6-4-5-17(24-18)20-13-26(11-12-28-20)22(27)15-7-9-16(23)10-8-15/h4-10,20H,3,11-13H2,1-2H3/t20-/m1/s1. The Morgan fingerprint density at radius 1 is 1.24 bits per heavy atom. The highest BCUT2D eigenvalue weighted by Gasteiger charge is 2.27. The van der Waals surface area contributed by atoms with E-state index in [0.29, 0.717) is 25.3 Å². The van der Waals surface area contributed by atoms with Crippen molar-refractivity contribution in [3.63, 3.8) is 0 Å². The zero-order valence-electron chi connectivity index (χ0n) is 16.4. The van der Waals surface area contributed by atoms with Crippen LogP contribution in [0.3, 0.4) is 0 Å². The van der Waals surface area contributed by atoms with E-state index in [-0.39, 0.29) is 17.8 Å². The van der Waals surface area contributed by atoms with Crippen LogP contribution in [0.1, 0.15) is 40.5 Å². The third kappa shape index (κ3) is 3.91. The van der Waals surface area contributed by atoms with Crippen molar-refractivity contribution in [1.29, 1.82) is 0 Å². The number of hydrogen-bond donors (Lipinski definition) is 0. The second kappa shape index (κ2) is 8.13. The van der Waals surface area contributed by atoms with Crippen molar-refractivity contribution in [2.75, 3.05) is 19.7 Å². The van der Waals surface area contributed by atoms with Gasteiger partial charge in [0.15, 0.2) is 0 Å². The molecule has 0 N–H and O–H groups in total. The summed E-state index contributed by atoms with van der Waals surface area (Å²) < 4.78 is 24.4. The first-order valence-electron chi connectivity index (χ1n) is 9.65. The molecule has 2 aromatic heterocycles. The van der Waals surface area contributed by atoms with Crippen LogP contribution >= 0.6 is 0 Å². The van der Waals surface area contributed by atoms with Crippen LogP contribution in [0.2, 0.25) is 0 Å². The largest absolute Gasteiger partial charge is 0.368 e. The van der Waals surface area contributed by atoms with Crippen LogP contribution in [0.4, 0.5) is 4.39 Å². The van der Waals surface area contributed by atoms with Gasteiger partial charge in [0.25, 0.3) is 5.91 Å². The lowest BCUT2D eigenvalue weighted by molar-refractivity contribution is -0.0246. The summed E-state index contributed by atoms with van der Waals surface area (Å²) in [6.45, 7) is 5.19. The number of ether oxygens (including phenoxy) is 1. The number of halogens is 1. The molecule has 0 aliphatic carbocycles. The molecule has 0 spiro atoms. The van der Waals surface area contributed by atoms with Crippen molar-refractivity contribution in [3.05, 3.63) is 71.0 Å². The minimum absolute atomic E-state index is 0.141. The van der Waals surface area contributed by atoms with Gasteiger partial charge < -0.3 is 14.2 Å². The van der Waals surface area contributed by atoms with Gasteiger partial charge in [0.1, 0.15) is 17.7 Å². The molecule has 7 heteroatoms. The number of rotatable bonds is 4. The van der Waals surface area contributed by atoms with Crippen LogP contribution in [0.15, 0.2) is 47.0 Å². The van der Waals surface area contributed by atoms with E-state index >= 15 is 0 Å². The average molecular weight is 395 g/mol. The Morgan fingerprint density at radius 2 is 2.03 bits per heavy atom. The third-order valence-corrected chi connectivity index (χ3v) is 5.06. The lowest BCUT2D eigenvalue weighted by Gasteiger charge is -2.33. The molecule has 6 nitrogen and oxygen atoms in total. The third-order valence-electron chi connectivity index (χ3n) is 5.06. The number of carbonyl (C=O) groups is 1. The Hall–Kier alpha value is -3.06. The van der Waals surface area contributed by atoms with Crippen LogP contribution in [-0.4, -0.2) is 40.6 Å². The van der Waals surface area contributed by atoms with Crippen LogP contribution < -0.4 is 0 Å². The Bertz CT molecular complexity index is 1020. The molecular weight excluding hydrogens is 373 g/mol. The van der Waals surface area contributed by atoms with Crippen molar-refractivity contribution >= 4 is 5.91 Å². The normalized spacial score (nSPS) is 16.8. The smallest absolute Gasteiger partial charge is 0.254 e. The Kier molecular flexibility index (Phi) is 5.40. The topological polar surface area (TPSA) is 68.5 Å². The van der Waals surface area contributed by atoms with E-state index in [4.69, 9.17) is 14.2 Å². The van der Waals surface area contributed by atoms with Crippen molar-refractivity contribution in [2.24, 2.45) is 0 Å². The molecule has 0 bridgehead atoms. The lowest BCUT2D eigenvalue weighted by Crippen LogP contribution is -2.42. The molecule has 1 atom stereocenters. The fourth-order valence-corrected chi connectivity index (χ4v) is 3.54. The molecule has 29 heavy (non-hydrogen) atoms.